The Bertz CT molecular complexity index is 844. The molecular weight excluding hydrogens is 374 g/mol. The highest BCUT2D eigenvalue weighted by atomic mass is 79.9. The number of nitrogens with zero attached hydrogens (tertiary/aromatic N) is 1. The summed E-state index contributed by atoms with van der Waals surface area (Å²) in [7, 11) is 3.11. The largest absolute Gasteiger partial charge is 0.493 e. The molecule has 0 saturated heterocycles. The number of rotatable bonds is 4. The highest BCUT2D eigenvalue weighted by molar-refractivity contribution is 9.10. The van der Waals surface area contributed by atoms with Gasteiger partial charge in [-0.05, 0) is 51.8 Å². The zero-order chi connectivity index (χ0) is 17.1. The van der Waals surface area contributed by atoms with Gasteiger partial charge in [-0.15, -0.1) is 0 Å². The van der Waals surface area contributed by atoms with Crippen LogP contribution in [0.25, 0.3) is 6.08 Å². The third kappa shape index (κ3) is 3.19. The molecule has 0 unspecified atom stereocenters. The van der Waals surface area contributed by atoms with E-state index in [1.165, 1.54) is 0 Å². The molecule has 0 spiro atoms. The van der Waals surface area contributed by atoms with E-state index in [2.05, 4.69) is 20.9 Å². The predicted octanol–water partition coefficient (Wildman–Crippen LogP) is 3.81. The number of cyclic esters (lactones) is 1. The van der Waals surface area contributed by atoms with E-state index >= 15 is 0 Å². The summed E-state index contributed by atoms with van der Waals surface area (Å²) in [5.41, 5.74) is 1.72. The lowest BCUT2D eigenvalue weighted by Crippen LogP contribution is -2.04. The highest BCUT2D eigenvalue weighted by Gasteiger charge is 2.24. The van der Waals surface area contributed by atoms with Crippen LogP contribution in [-0.2, 0) is 9.53 Å². The van der Waals surface area contributed by atoms with Crippen LogP contribution in [0.5, 0.6) is 11.5 Å². The van der Waals surface area contributed by atoms with Crippen LogP contribution in [0.2, 0.25) is 0 Å². The first kappa shape index (κ1) is 16.3. The summed E-state index contributed by atoms with van der Waals surface area (Å²) in [5, 5.41) is 0. The van der Waals surface area contributed by atoms with Gasteiger partial charge < -0.3 is 14.2 Å². The molecule has 5 nitrogen and oxygen atoms in total. The van der Waals surface area contributed by atoms with Crippen molar-refractivity contribution < 1.29 is 19.0 Å². The molecule has 2 aromatic carbocycles. The average Bonchev–Trinajstić information content (AvgIpc) is 2.96. The molecule has 0 N–H and O–H groups in total. The quantitative estimate of drug-likeness (QED) is 0.591. The highest BCUT2D eigenvalue weighted by Crippen LogP contribution is 2.37. The van der Waals surface area contributed by atoms with Crippen LogP contribution < -0.4 is 9.47 Å². The molecule has 24 heavy (non-hydrogen) atoms. The molecule has 1 heterocycles. The lowest BCUT2D eigenvalue weighted by atomic mass is 10.1. The number of ether oxygens (including phenoxy) is 3. The summed E-state index contributed by atoms with van der Waals surface area (Å²) < 4.78 is 16.5. The van der Waals surface area contributed by atoms with E-state index in [4.69, 9.17) is 14.2 Å². The second-order valence-corrected chi connectivity index (χ2v) is 5.79. The molecule has 0 aliphatic carbocycles. The van der Waals surface area contributed by atoms with Gasteiger partial charge in [0.15, 0.2) is 17.2 Å². The van der Waals surface area contributed by atoms with Gasteiger partial charge in [0, 0.05) is 5.56 Å². The predicted molar refractivity (Wildman–Crippen MR) is 94.3 cm³/mol. The number of methoxy groups -OCH3 is 2. The van der Waals surface area contributed by atoms with Gasteiger partial charge in [-0.3, -0.25) is 0 Å². The minimum atomic E-state index is -0.486. The molecule has 0 saturated carbocycles. The average molecular weight is 388 g/mol. The zero-order valence-corrected chi connectivity index (χ0v) is 14.7. The Kier molecular flexibility index (Phi) is 4.66. The first-order valence-electron chi connectivity index (χ1n) is 7.12. The lowest BCUT2D eigenvalue weighted by Gasteiger charge is -2.10. The van der Waals surface area contributed by atoms with E-state index in [1.54, 1.807) is 26.4 Å². The van der Waals surface area contributed by atoms with Crippen molar-refractivity contribution in [1.82, 2.24) is 0 Å². The number of esters is 1. The first-order chi connectivity index (χ1) is 11.6. The summed E-state index contributed by atoms with van der Waals surface area (Å²) >= 11 is 3.43. The smallest absolute Gasteiger partial charge is 0.363 e. The number of hydrogen-bond donors (Lipinski definition) is 0. The molecule has 3 rings (SSSR count). The zero-order valence-electron chi connectivity index (χ0n) is 13.1. The Morgan fingerprint density at radius 2 is 1.88 bits per heavy atom. The Balaban J connectivity index is 1.98. The SMILES string of the molecule is COc1cc(/C=C2\N=C(c3ccccc3)OC2=O)cc(Br)c1OC. The minimum Gasteiger partial charge on any atom is -0.493 e. The standard InChI is InChI=1S/C18H14BrNO4/c1-22-15-10-11(8-13(19)16(15)23-2)9-14-18(21)24-17(20-14)12-6-4-3-5-7-12/h3-10H,1-2H3/b14-9-. The molecule has 0 aromatic heterocycles. The van der Waals surface area contributed by atoms with Crippen LogP contribution >= 0.6 is 15.9 Å². The van der Waals surface area contributed by atoms with E-state index in [-0.39, 0.29) is 5.70 Å². The number of benzene rings is 2. The molecule has 0 amide bonds. The lowest BCUT2D eigenvalue weighted by molar-refractivity contribution is -0.129. The number of carbonyl (C=O) groups is 1. The third-order valence-corrected chi connectivity index (χ3v) is 3.99. The Morgan fingerprint density at radius 1 is 1.12 bits per heavy atom. The van der Waals surface area contributed by atoms with Gasteiger partial charge in [0.1, 0.15) is 0 Å². The van der Waals surface area contributed by atoms with E-state index in [0.29, 0.717) is 17.4 Å². The minimum absolute atomic E-state index is 0.230. The summed E-state index contributed by atoms with van der Waals surface area (Å²) in [4.78, 5) is 16.3. The molecule has 6 heteroatoms. The van der Waals surface area contributed by atoms with Crippen LogP contribution in [0, 0.1) is 0 Å². The summed E-state index contributed by atoms with van der Waals surface area (Å²) in [6, 6.07) is 12.9. The maximum atomic E-state index is 12.1. The molecule has 0 radical (unpaired) electrons. The van der Waals surface area contributed by atoms with Crippen molar-refractivity contribution in [3.8, 4) is 11.5 Å². The molecule has 1 aliphatic heterocycles. The topological polar surface area (TPSA) is 57.1 Å². The molecular formula is C18H14BrNO4. The van der Waals surface area contributed by atoms with Gasteiger partial charge in [-0.25, -0.2) is 9.79 Å². The van der Waals surface area contributed by atoms with Gasteiger partial charge in [0.05, 0.1) is 18.7 Å². The van der Waals surface area contributed by atoms with Crippen LogP contribution in [0.1, 0.15) is 11.1 Å². The van der Waals surface area contributed by atoms with E-state index in [9.17, 15) is 4.79 Å². The van der Waals surface area contributed by atoms with E-state index in [1.807, 2.05) is 36.4 Å². The number of carbonyl (C=O) groups excluding carboxylic acids is 1. The van der Waals surface area contributed by atoms with Gasteiger partial charge >= 0.3 is 5.97 Å². The van der Waals surface area contributed by atoms with Gasteiger partial charge in [0.25, 0.3) is 0 Å². The fraction of sp³-hybridized carbons (Fsp3) is 0.111. The maximum Gasteiger partial charge on any atom is 0.363 e. The van der Waals surface area contributed by atoms with Gasteiger partial charge in [0.2, 0.25) is 5.90 Å². The second kappa shape index (κ2) is 6.88. The molecule has 0 bridgehead atoms. The van der Waals surface area contributed by atoms with Crippen molar-refractivity contribution in [3.63, 3.8) is 0 Å². The second-order valence-electron chi connectivity index (χ2n) is 4.94. The van der Waals surface area contributed by atoms with E-state index in [0.717, 1.165) is 15.6 Å². The fourth-order valence-corrected chi connectivity index (χ4v) is 2.91. The third-order valence-electron chi connectivity index (χ3n) is 3.40. The summed E-state index contributed by atoms with van der Waals surface area (Å²) in [6.45, 7) is 0. The van der Waals surface area contributed by atoms with Crippen molar-refractivity contribution in [2.24, 2.45) is 4.99 Å². The van der Waals surface area contributed by atoms with Crippen molar-refractivity contribution in [3.05, 3.63) is 63.8 Å². The van der Waals surface area contributed by atoms with Crippen molar-refractivity contribution >= 4 is 33.9 Å². The van der Waals surface area contributed by atoms with Gasteiger partial charge in [-0.2, -0.15) is 0 Å². The van der Waals surface area contributed by atoms with Crippen LogP contribution in [-0.4, -0.2) is 26.1 Å². The molecule has 122 valence electrons. The van der Waals surface area contributed by atoms with Crippen LogP contribution in [0.4, 0.5) is 0 Å². The van der Waals surface area contributed by atoms with E-state index < -0.39 is 5.97 Å². The molecule has 2 aromatic rings. The maximum absolute atomic E-state index is 12.1. The van der Waals surface area contributed by atoms with Gasteiger partial charge in [-0.1, -0.05) is 18.2 Å². The number of halogens is 1. The normalized spacial score (nSPS) is 15.2. The Labute approximate surface area is 147 Å². The molecule has 0 fully saturated rings. The van der Waals surface area contributed by atoms with Crippen molar-refractivity contribution in [2.45, 2.75) is 0 Å². The molecule has 1 aliphatic rings. The number of hydrogen-bond acceptors (Lipinski definition) is 5. The van der Waals surface area contributed by atoms with Crippen LogP contribution in [0.15, 0.2) is 57.6 Å². The van der Waals surface area contributed by atoms with Crippen LogP contribution in [0.3, 0.4) is 0 Å². The Morgan fingerprint density at radius 3 is 2.54 bits per heavy atom. The first-order valence-corrected chi connectivity index (χ1v) is 7.91. The number of aliphatic imine (C=N–C) groups is 1. The fourth-order valence-electron chi connectivity index (χ4n) is 2.29. The van der Waals surface area contributed by atoms with Crippen molar-refractivity contribution in [2.75, 3.05) is 14.2 Å². The summed E-state index contributed by atoms with van der Waals surface area (Å²) in [5.74, 6) is 0.950. The monoisotopic (exact) mass is 387 g/mol. The Hall–Kier alpha value is -2.60. The van der Waals surface area contributed by atoms with Crippen molar-refractivity contribution in [1.29, 1.82) is 0 Å². The molecule has 0 atom stereocenters. The summed E-state index contributed by atoms with van der Waals surface area (Å²) in [6.07, 6.45) is 1.64.